The van der Waals surface area contributed by atoms with E-state index in [0.717, 1.165) is 5.01 Å². The lowest BCUT2D eigenvalue weighted by Crippen LogP contribution is -2.62. The standard InChI is InChI=1S/C18H12BrClF6N2O/c19-10-4-3-5-11(8-10)28-14(12-6-1-2-7-13(12)20)9-15(27-28)16(29,17(21,22)23)18(24,25)26/h1-8,14,29H,9H2. The predicted molar refractivity (Wildman–Crippen MR) is 99.9 cm³/mol. The molecule has 2 aromatic rings. The maximum absolute atomic E-state index is 13.4. The van der Waals surface area contributed by atoms with Gasteiger partial charge in [-0.1, -0.05) is 51.8 Å². The zero-order chi connectivity index (χ0) is 21.6. The van der Waals surface area contributed by atoms with Gasteiger partial charge in [-0.15, -0.1) is 0 Å². The second-order valence-electron chi connectivity index (χ2n) is 6.32. The van der Waals surface area contributed by atoms with Crippen molar-refractivity contribution in [1.82, 2.24) is 0 Å². The van der Waals surface area contributed by atoms with Crippen molar-refractivity contribution in [3.05, 3.63) is 63.6 Å². The molecule has 1 aliphatic rings. The first kappa shape index (κ1) is 21.9. The van der Waals surface area contributed by atoms with Gasteiger partial charge in [-0.25, -0.2) is 0 Å². The lowest BCUT2D eigenvalue weighted by atomic mass is 9.90. The van der Waals surface area contributed by atoms with E-state index in [-0.39, 0.29) is 16.3 Å². The summed E-state index contributed by atoms with van der Waals surface area (Å²) in [6.07, 6.45) is -12.9. The average molecular weight is 502 g/mol. The average Bonchev–Trinajstić information content (AvgIpc) is 3.04. The monoisotopic (exact) mass is 500 g/mol. The van der Waals surface area contributed by atoms with E-state index in [4.69, 9.17) is 11.6 Å². The Hall–Kier alpha value is -1.78. The molecule has 0 amide bonds. The number of anilines is 1. The molecule has 0 fully saturated rings. The largest absolute Gasteiger partial charge is 0.431 e. The molecular weight excluding hydrogens is 490 g/mol. The molecular formula is C18H12BrClF6N2O. The molecule has 0 aromatic heterocycles. The quantitative estimate of drug-likeness (QED) is 0.504. The summed E-state index contributed by atoms with van der Waals surface area (Å²) in [5, 5.41) is 14.5. The highest BCUT2D eigenvalue weighted by atomic mass is 79.9. The van der Waals surface area contributed by atoms with E-state index in [0.29, 0.717) is 4.47 Å². The predicted octanol–water partition coefficient (Wildman–Crippen LogP) is 6.27. The molecule has 0 saturated carbocycles. The van der Waals surface area contributed by atoms with Crippen molar-refractivity contribution < 1.29 is 31.4 Å². The molecule has 1 heterocycles. The van der Waals surface area contributed by atoms with Crippen molar-refractivity contribution in [2.45, 2.75) is 30.4 Å². The van der Waals surface area contributed by atoms with Gasteiger partial charge in [0.1, 0.15) is 0 Å². The Balaban J connectivity index is 2.18. The highest BCUT2D eigenvalue weighted by Gasteiger charge is 2.74. The fraction of sp³-hybridized carbons (Fsp3) is 0.278. The number of halogens is 8. The molecule has 11 heteroatoms. The van der Waals surface area contributed by atoms with Crippen molar-refractivity contribution in [2.24, 2.45) is 5.10 Å². The fourth-order valence-corrected chi connectivity index (χ4v) is 3.71. The summed E-state index contributed by atoms with van der Waals surface area (Å²) in [4.78, 5) is 0. The van der Waals surface area contributed by atoms with E-state index in [2.05, 4.69) is 21.0 Å². The number of benzene rings is 2. The van der Waals surface area contributed by atoms with Crippen LogP contribution in [0.15, 0.2) is 58.1 Å². The van der Waals surface area contributed by atoms with Gasteiger partial charge in [0.25, 0.3) is 5.60 Å². The van der Waals surface area contributed by atoms with Gasteiger partial charge in [0.15, 0.2) is 0 Å². The smallest absolute Gasteiger partial charge is 0.369 e. The van der Waals surface area contributed by atoms with Gasteiger partial charge in [0.2, 0.25) is 0 Å². The lowest BCUT2D eigenvalue weighted by Gasteiger charge is -2.32. The van der Waals surface area contributed by atoms with E-state index in [9.17, 15) is 31.4 Å². The van der Waals surface area contributed by atoms with Gasteiger partial charge in [0, 0.05) is 15.9 Å². The van der Waals surface area contributed by atoms with Crippen LogP contribution in [0.1, 0.15) is 18.0 Å². The molecule has 3 rings (SSSR count). The zero-order valence-electron chi connectivity index (χ0n) is 14.3. The minimum absolute atomic E-state index is 0.150. The number of aliphatic hydroxyl groups is 1. The van der Waals surface area contributed by atoms with Gasteiger partial charge >= 0.3 is 12.4 Å². The molecule has 0 spiro atoms. The molecule has 1 atom stereocenters. The second kappa shape index (κ2) is 7.48. The highest BCUT2D eigenvalue weighted by molar-refractivity contribution is 9.10. The first-order valence-electron chi connectivity index (χ1n) is 8.09. The first-order chi connectivity index (χ1) is 13.4. The van der Waals surface area contributed by atoms with E-state index < -0.39 is 36.1 Å². The van der Waals surface area contributed by atoms with Crippen molar-refractivity contribution >= 4 is 38.9 Å². The number of rotatable bonds is 3. The van der Waals surface area contributed by atoms with Crippen LogP contribution in [0.3, 0.4) is 0 Å². The SMILES string of the molecule is OC(C1=NN(c2cccc(Br)c2)C(c2ccccc2Cl)C1)(C(F)(F)F)C(F)(F)F. The fourth-order valence-electron chi connectivity index (χ4n) is 3.06. The molecule has 1 aliphatic heterocycles. The van der Waals surface area contributed by atoms with Crippen molar-refractivity contribution in [3.63, 3.8) is 0 Å². The number of hydrogen-bond acceptors (Lipinski definition) is 3. The molecule has 1 N–H and O–H groups in total. The summed E-state index contributed by atoms with van der Waals surface area (Å²) < 4.78 is 80.7. The van der Waals surface area contributed by atoms with Crippen molar-refractivity contribution in [2.75, 3.05) is 5.01 Å². The second-order valence-corrected chi connectivity index (χ2v) is 7.64. The molecule has 0 aliphatic carbocycles. The Morgan fingerprint density at radius 3 is 2.17 bits per heavy atom. The van der Waals surface area contributed by atoms with Crippen LogP contribution in [0.2, 0.25) is 5.02 Å². The van der Waals surface area contributed by atoms with Crippen LogP contribution in [-0.2, 0) is 0 Å². The van der Waals surface area contributed by atoms with E-state index >= 15 is 0 Å². The zero-order valence-corrected chi connectivity index (χ0v) is 16.6. The van der Waals surface area contributed by atoms with Crippen LogP contribution < -0.4 is 5.01 Å². The Labute approximate surface area is 174 Å². The summed E-state index contributed by atoms with van der Waals surface area (Å²) >= 11 is 9.34. The normalized spacial score (nSPS) is 18.2. The number of nitrogens with zero attached hydrogens (tertiary/aromatic N) is 2. The third-order valence-electron chi connectivity index (χ3n) is 4.49. The highest BCUT2D eigenvalue weighted by Crippen LogP contribution is 2.49. The van der Waals surface area contributed by atoms with E-state index in [1.165, 1.54) is 24.3 Å². The van der Waals surface area contributed by atoms with Gasteiger partial charge in [-0.2, -0.15) is 31.4 Å². The molecule has 2 aromatic carbocycles. The molecule has 0 radical (unpaired) electrons. The van der Waals surface area contributed by atoms with Crippen LogP contribution in [0.25, 0.3) is 0 Å². The third-order valence-corrected chi connectivity index (χ3v) is 5.32. The minimum Gasteiger partial charge on any atom is -0.369 e. The molecule has 0 bridgehead atoms. The number of hydrogen-bond donors (Lipinski definition) is 1. The summed E-state index contributed by atoms with van der Waals surface area (Å²) in [5.74, 6) is 0. The maximum Gasteiger partial charge on any atom is 0.431 e. The summed E-state index contributed by atoms with van der Waals surface area (Å²) in [7, 11) is 0. The summed E-state index contributed by atoms with van der Waals surface area (Å²) in [5.41, 5.74) is -6.03. The van der Waals surface area contributed by atoms with Crippen LogP contribution in [0, 0.1) is 0 Å². The van der Waals surface area contributed by atoms with Crippen LogP contribution in [0.5, 0.6) is 0 Å². The summed E-state index contributed by atoms with van der Waals surface area (Å²) in [6, 6.07) is 11.1. The van der Waals surface area contributed by atoms with Gasteiger partial charge < -0.3 is 5.11 Å². The molecule has 0 saturated heterocycles. The van der Waals surface area contributed by atoms with Crippen molar-refractivity contribution in [3.8, 4) is 0 Å². The van der Waals surface area contributed by atoms with Crippen molar-refractivity contribution in [1.29, 1.82) is 0 Å². The topological polar surface area (TPSA) is 35.8 Å². The first-order valence-corrected chi connectivity index (χ1v) is 9.26. The summed E-state index contributed by atoms with van der Waals surface area (Å²) in [6.45, 7) is 0. The van der Waals surface area contributed by atoms with Crippen LogP contribution in [0.4, 0.5) is 32.0 Å². The van der Waals surface area contributed by atoms with E-state index in [1.807, 2.05) is 0 Å². The Kier molecular flexibility index (Phi) is 5.65. The maximum atomic E-state index is 13.4. The lowest BCUT2D eigenvalue weighted by molar-refractivity contribution is -0.338. The van der Waals surface area contributed by atoms with Crippen LogP contribution >= 0.6 is 27.5 Å². The molecule has 29 heavy (non-hydrogen) atoms. The van der Waals surface area contributed by atoms with E-state index in [1.54, 1.807) is 24.3 Å². The number of hydrazone groups is 1. The van der Waals surface area contributed by atoms with Crippen LogP contribution in [-0.4, -0.2) is 28.8 Å². The van der Waals surface area contributed by atoms with Gasteiger partial charge in [0.05, 0.1) is 17.4 Å². The number of alkyl halides is 6. The Morgan fingerprint density at radius 2 is 1.62 bits per heavy atom. The third kappa shape index (κ3) is 3.85. The van der Waals surface area contributed by atoms with Gasteiger partial charge in [-0.05, 0) is 29.8 Å². The minimum atomic E-state index is -6.01. The van der Waals surface area contributed by atoms with Gasteiger partial charge in [-0.3, -0.25) is 5.01 Å². The molecule has 3 nitrogen and oxygen atoms in total. The Bertz CT molecular complexity index is 932. The Morgan fingerprint density at radius 1 is 1.00 bits per heavy atom. The molecule has 156 valence electrons. The molecule has 1 unspecified atom stereocenters.